The van der Waals surface area contributed by atoms with E-state index in [9.17, 15) is 9.59 Å². The third-order valence-corrected chi connectivity index (χ3v) is 11.7. The Morgan fingerprint density at radius 1 is 0.574 bits per heavy atom. The minimum absolute atomic E-state index is 0.242. The van der Waals surface area contributed by atoms with E-state index in [1.807, 2.05) is 0 Å². The van der Waals surface area contributed by atoms with Crippen molar-refractivity contribution in [3.63, 3.8) is 0 Å². The van der Waals surface area contributed by atoms with Crippen LogP contribution in [0.4, 0.5) is 0 Å². The number of nitrogens with one attached hydrogen (secondary N) is 2. The number of aryl methyl sites for hydroxylation is 4. The number of benzene rings is 2. The lowest BCUT2D eigenvalue weighted by atomic mass is 9.86. The van der Waals surface area contributed by atoms with Crippen LogP contribution in [-0.4, -0.2) is 46.1 Å². The van der Waals surface area contributed by atoms with Gasteiger partial charge in [0, 0.05) is 46.0 Å². The van der Waals surface area contributed by atoms with Crippen molar-refractivity contribution in [3.8, 4) is 22.3 Å². The Bertz CT molecular complexity index is 2470. The van der Waals surface area contributed by atoms with E-state index < -0.39 is 0 Å². The first-order chi connectivity index (χ1) is 26.3. The van der Waals surface area contributed by atoms with Crippen LogP contribution >= 0.6 is 0 Å². The van der Waals surface area contributed by atoms with Crippen LogP contribution in [0.3, 0.4) is 0 Å². The summed E-state index contributed by atoms with van der Waals surface area (Å²) in [5.41, 5.74) is 21.6. The Morgan fingerprint density at radius 2 is 0.981 bits per heavy atom. The van der Waals surface area contributed by atoms with Gasteiger partial charge in [-0.1, -0.05) is 48.5 Å². The number of rotatable bonds is 6. The first-order valence-electron chi connectivity index (χ1n) is 18.8. The standard InChI is InChI=1S/C46H42N4O4/c1-25-29(17-19-43(51)53-3)37-23-39-33-15-13-28-10-6-8-12-32(28)46(33)42(50-39)22-36-26(2)30(18-20-44(52)54-4)38(48-36)24-40-34-16-14-27-9-5-7-11-31(27)45(34)41(49-40)21-35(25)47-37/h5-12,21-24,49-50H,13-20H2,1-4H3. The third kappa shape index (κ3) is 5.68. The smallest absolute Gasteiger partial charge is 0.305 e. The van der Waals surface area contributed by atoms with Gasteiger partial charge < -0.3 is 19.4 Å². The van der Waals surface area contributed by atoms with Crippen LogP contribution in [0.25, 0.3) is 66.6 Å². The van der Waals surface area contributed by atoms with Crippen molar-refractivity contribution in [1.29, 1.82) is 0 Å². The highest BCUT2D eigenvalue weighted by Gasteiger charge is 2.27. The number of nitrogens with zero attached hydrogens (tertiary/aromatic N) is 2. The number of hydrogen-bond acceptors (Lipinski definition) is 6. The van der Waals surface area contributed by atoms with Gasteiger partial charge in [-0.25, -0.2) is 9.97 Å². The largest absolute Gasteiger partial charge is 0.469 e. The average Bonchev–Trinajstić information content (AvgIpc) is 3.90. The van der Waals surface area contributed by atoms with Crippen LogP contribution in [-0.2, 0) is 44.7 Å². The fourth-order valence-electron chi connectivity index (χ4n) is 8.85. The molecule has 0 atom stereocenters. The fourth-order valence-corrected chi connectivity index (χ4v) is 8.85. The van der Waals surface area contributed by atoms with Crippen LogP contribution < -0.4 is 0 Å². The highest BCUT2D eigenvalue weighted by Crippen LogP contribution is 2.44. The number of allylic oxidation sites excluding steroid dienone is 4. The van der Waals surface area contributed by atoms with E-state index in [1.54, 1.807) is 0 Å². The number of esters is 2. The number of hydrogen-bond donors (Lipinski definition) is 2. The Kier molecular flexibility index (Phi) is 8.41. The summed E-state index contributed by atoms with van der Waals surface area (Å²) in [5.74, 6) is -0.483. The van der Waals surface area contributed by atoms with Crippen molar-refractivity contribution in [3.05, 3.63) is 118 Å². The van der Waals surface area contributed by atoms with Gasteiger partial charge in [-0.15, -0.1) is 0 Å². The second kappa shape index (κ2) is 13.4. The molecule has 8 heteroatoms. The van der Waals surface area contributed by atoms with Crippen LogP contribution in [0.1, 0.15) is 84.6 Å². The molecule has 5 aromatic rings. The molecule has 0 radical (unpaired) electrons. The molecule has 4 aliphatic rings. The molecule has 0 saturated heterocycles. The maximum absolute atomic E-state index is 12.4. The predicted molar refractivity (Wildman–Crippen MR) is 214 cm³/mol. The van der Waals surface area contributed by atoms with Crippen molar-refractivity contribution in [1.82, 2.24) is 19.9 Å². The van der Waals surface area contributed by atoms with E-state index >= 15 is 0 Å². The molecule has 0 fully saturated rings. The van der Waals surface area contributed by atoms with E-state index in [0.29, 0.717) is 12.8 Å². The molecular weight excluding hydrogens is 673 g/mol. The van der Waals surface area contributed by atoms with Gasteiger partial charge in [0.15, 0.2) is 0 Å². The molecule has 3 aromatic heterocycles. The first-order valence-corrected chi connectivity index (χ1v) is 18.8. The lowest BCUT2D eigenvalue weighted by molar-refractivity contribution is -0.141. The minimum atomic E-state index is -0.242. The Hall–Kier alpha value is -6.02. The summed E-state index contributed by atoms with van der Waals surface area (Å²) >= 11 is 0. The minimum Gasteiger partial charge on any atom is -0.469 e. The van der Waals surface area contributed by atoms with Crippen LogP contribution in [0, 0.1) is 0 Å². The monoisotopic (exact) mass is 714 g/mol. The van der Waals surface area contributed by atoms with Gasteiger partial charge in [0.1, 0.15) is 0 Å². The molecule has 54 heavy (non-hydrogen) atoms. The Balaban J connectivity index is 1.39. The van der Waals surface area contributed by atoms with Gasteiger partial charge in [0.2, 0.25) is 0 Å². The summed E-state index contributed by atoms with van der Waals surface area (Å²) in [6, 6.07) is 26.0. The molecule has 5 heterocycles. The highest BCUT2D eigenvalue weighted by molar-refractivity contribution is 6.00. The summed E-state index contributed by atoms with van der Waals surface area (Å²) in [6.45, 7) is 4.22. The van der Waals surface area contributed by atoms with E-state index in [4.69, 9.17) is 19.4 Å². The molecule has 0 unspecified atom stereocenters. The van der Waals surface area contributed by atoms with Gasteiger partial charge in [-0.2, -0.15) is 0 Å². The number of fused-ring (bicyclic) bond motifs is 18. The molecular formula is C46H42N4O4. The Labute approximate surface area is 314 Å². The molecule has 9 rings (SSSR count). The molecule has 0 amide bonds. The SMILES string of the molecule is COC(=O)CCC1=C(C)c2cc3[nH]c(cc4nc(cc5[nH]c(cc1n2)c1c5-c2ccccc2CC1)C(C)=C4CCC(=O)OC)c1c3-c2ccccc2CC1. The van der Waals surface area contributed by atoms with Crippen LogP contribution in [0.5, 0.6) is 0 Å². The van der Waals surface area contributed by atoms with Gasteiger partial charge in [-0.05, 0) is 132 Å². The summed E-state index contributed by atoms with van der Waals surface area (Å²) in [6.07, 6.45) is 5.22. The second-order valence-corrected chi connectivity index (χ2v) is 14.6. The highest BCUT2D eigenvalue weighted by atomic mass is 16.5. The maximum atomic E-state index is 12.4. The molecule has 2 N–H and O–H groups in total. The van der Waals surface area contributed by atoms with Gasteiger partial charge in [0.05, 0.1) is 37.0 Å². The van der Waals surface area contributed by atoms with Crippen molar-refractivity contribution in [2.24, 2.45) is 0 Å². The quantitative estimate of drug-likeness (QED) is 0.170. The molecule has 8 bridgehead atoms. The molecule has 270 valence electrons. The van der Waals surface area contributed by atoms with Crippen molar-refractivity contribution < 1.29 is 19.1 Å². The zero-order chi connectivity index (χ0) is 37.1. The summed E-state index contributed by atoms with van der Waals surface area (Å²) < 4.78 is 10.1. The van der Waals surface area contributed by atoms with Crippen LogP contribution in [0.2, 0.25) is 0 Å². The van der Waals surface area contributed by atoms with Gasteiger partial charge in [-0.3, -0.25) is 9.59 Å². The molecule has 2 aromatic carbocycles. The second-order valence-electron chi connectivity index (χ2n) is 14.6. The molecule has 0 saturated carbocycles. The summed E-state index contributed by atoms with van der Waals surface area (Å²) in [7, 11) is 2.88. The van der Waals surface area contributed by atoms with Crippen molar-refractivity contribution >= 4 is 56.3 Å². The topological polar surface area (TPSA) is 110 Å². The normalized spacial score (nSPS) is 14.3. The molecule has 2 aliphatic heterocycles. The van der Waals surface area contributed by atoms with E-state index in [0.717, 1.165) is 92.8 Å². The number of aromatic amines is 2. The van der Waals surface area contributed by atoms with Crippen molar-refractivity contribution in [2.45, 2.75) is 65.2 Å². The fraction of sp³-hybridized carbons (Fsp3) is 0.261. The number of carbonyl (C=O) groups excluding carboxylic acids is 2. The van der Waals surface area contributed by atoms with Crippen molar-refractivity contribution in [2.75, 3.05) is 14.2 Å². The number of ether oxygens (including phenoxy) is 2. The number of aromatic nitrogens is 4. The number of H-pyrrole nitrogens is 2. The van der Waals surface area contributed by atoms with E-state index in [2.05, 4.69) is 96.6 Å². The average molecular weight is 715 g/mol. The van der Waals surface area contributed by atoms with Crippen LogP contribution in [0.15, 0.2) is 72.8 Å². The number of methoxy groups -OCH3 is 2. The Morgan fingerprint density at radius 3 is 1.41 bits per heavy atom. The number of carbonyl (C=O) groups is 2. The third-order valence-electron chi connectivity index (χ3n) is 11.7. The van der Waals surface area contributed by atoms with Gasteiger partial charge >= 0.3 is 11.9 Å². The zero-order valence-corrected chi connectivity index (χ0v) is 31.1. The maximum Gasteiger partial charge on any atom is 0.305 e. The first kappa shape index (κ1) is 33.8. The molecule has 8 nitrogen and oxygen atoms in total. The summed E-state index contributed by atoms with van der Waals surface area (Å²) in [4.78, 5) is 43.2. The van der Waals surface area contributed by atoms with E-state index in [-0.39, 0.29) is 24.8 Å². The van der Waals surface area contributed by atoms with E-state index in [1.165, 1.54) is 58.7 Å². The zero-order valence-electron chi connectivity index (χ0n) is 31.1. The van der Waals surface area contributed by atoms with Gasteiger partial charge in [0.25, 0.3) is 0 Å². The molecule has 2 aliphatic carbocycles. The predicted octanol–water partition coefficient (Wildman–Crippen LogP) is 9.61. The lowest BCUT2D eigenvalue weighted by Gasteiger charge is -2.17. The summed E-state index contributed by atoms with van der Waals surface area (Å²) in [5, 5.41) is 0. The lowest BCUT2D eigenvalue weighted by Crippen LogP contribution is -2.02. The molecule has 0 spiro atoms.